The highest BCUT2D eigenvalue weighted by Gasteiger charge is 2.31. The third-order valence-corrected chi connectivity index (χ3v) is 3.22. The molecule has 1 aliphatic rings. The third-order valence-electron chi connectivity index (χ3n) is 3.22. The van der Waals surface area contributed by atoms with Crippen molar-refractivity contribution in [2.75, 3.05) is 13.1 Å². The van der Waals surface area contributed by atoms with Crippen molar-refractivity contribution >= 4 is 0 Å². The Morgan fingerprint density at radius 1 is 1.19 bits per heavy atom. The molecule has 1 unspecified atom stereocenters. The van der Waals surface area contributed by atoms with Crippen LogP contribution < -0.4 is 0 Å². The first-order valence-corrected chi connectivity index (χ1v) is 5.79. The summed E-state index contributed by atoms with van der Waals surface area (Å²) in [5.74, 6) is 0.132. The Kier molecular flexibility index (Phi) is 3.59. The summed E-state index contributed by atoms with van der Waals surface area (Å²) in [7, 11) is 0. The lowest BCUT2D eigenvalue weighted by Gasteiger charge is -2.37. The molecular formula is C13H19NO2. The maximum absolute atomic E-state index is 9.70. The van der Waals surface area contributed by atoms with Gasteiger partial charge in [-0.1, -0.05) is 37.3 Å². The van der Waals surface area contributed by atoms with Crippen LogP contribution >= 0.6 is 0 Å². The van der Waals surface area contributed by atoms with Crippen LogP contribution in [0.25, 0.3) is 0 Å². The second-order valence-corrected chi connectivity index (χ2v) is 4.71. The molecule has 0 aliphatic carbocycles. The molecule has 3 atom stereocenters. The lowest BCUT2D eigenvalue weighted by molar-refractivity contribution is -0.0708. The molecular weight excluding hydrogens is 202 g/mol. The number of β-amino-alcohol motifs (C(OH)–C–C–N with tert-alkyl or cyclic N) is 1. The third kappa shape index (κ3) is 2.61. The Morgan fingerprint density at radius 2 is 1.88 bits per heavy atom. The zero-order valence-electron chi connectivity index (χ0n) is 9.58. The first-order chi connectivity index (χ1) is 7.66. The molecule has 0 radical (unpaired) electrons. The van der Waals surface area contributed by atoms with Crippen LogP contribution in [0.3, 0.4) is 0 Å². The van der Waals surface area contributed by atoms with Gasteiger partial charge in [-0.2, -0.15) is 0 Å². The molecule has 1 saturated heterocycles. The Labute approximate surface area is 96.3 Å². The van der Waals surface area contributed by atoms with Gasteiger partial charge in [-0.15, -0.1) is 0 Å². The van der Waals surface area contributed by atoms with Crippen LogP contribution in [-0.2, 0) is 6.54 Å². The maximum atomic E-state index is 9.70. The standard InChI is InChI=1S/C13H19NO2/c1-10-7-14(9-12(15)13(10)16)8-11-5-3-2-4-6-11/h2-6,10,12-13,15-16H,7-9H2,1H3/t10?,12-,13-/m1/s1. The summed E-state index contributed by atoms with van der Waals surface area (Å²) >= 11 is 0. The molecule has 1 aliphatic heterocycles. The molecule has 88 valence electrons. The lowest BCUT2D eigenvalue weighted by Crippen LogP contribution is -2.51. The smallest absolute Gasteiger partial charge is 0.0928 e. The zero-order valence-corrected chi connectivity index (χ0v) is 9.58. The van der Waals surface area contributed by atoms with Crippen molar-refractivity contribution in [3.8, 4) is 0 Å². The summed E-state index contributed by atoms with van der Waals surface area (Å²) in [4.78, 5) is 2.19. The molecule has 3 nitrogen and oxygen atoms in total. The highest BCUT2D eigenvalue weighted by molar-refractivity contribution is 5.14. The summed E-state index contributed by atoms with van der Waals surface area (Å²) in [5.41, 5.74) is 1.25. The van der Waals surface area contributed by atoms with Crippen molar-refractivity contribution < 1.29 is 10.2 Å². The monoisotopic (exact) mass is 221 g/mol. The topological polar surface area (TPSA) is 43.7 Å². The molecule has 1 aromatic rings. The second kappa shape index (κ2) is 4.95. The number of piperidine rings is 1. The van der Waals surface area contributed by atoms with Gasteiger partial charge >= 0.3 is 0 Å². The molecule has 0 amide bonds. The van der Waals surface area contributed by atoms with Crippen LogP contribution in [0, 0.1) is 5.92 Å². The summed E-state index contributed by atoms with van der Waals surface area (Å²) in [5, 5.41) is 19.4. The number of aliphatic hydroxyl groups excluding tert-OH is 2. The van der Waals surface area contributed by atoms with Gasteiger partial charge in [-0.25, -0.2) is 0 Å². The summed E-state index contributed by atoms with van der Waals surface area (Å²) in [6.07, 6.45) is -1.19. The number of hydrogen-bond acceptors (Lipinski definition) is 3. The molecule has 0 saturated carbocycles. The number of aliphatic hydroxyl groups is 2. The fraction of sp³-hybridized carbons (Fsp3) is 0.538. The van der Waals surface area contributed by atoms with Crippen molar-refractivity contribution in [2.45, 2.75) is 25.7 Å². The minimum absolute atomic E-state index is 0.132. The van der Waals surface area contributed by atoms with Crippen LogP contribution in [0.2, 0.25) is 0 Å². The fourth-order valence-electron chi connectivity index (χ4n) is 2.31. The predicted octanol–water partition coefficient (Wildman–Crippen LogP) is 0.860. The highest BCUT2D eigenvalue weighted by atomic mass is 16.3. The van der Waals surface area contributed by atoms with E-state index in [0.717, 1.165) is 13.1 Å². The number of nitrogens with zero attached hydrogens (tertiary/aromatic N) is 1. The van der Waals surface area contributed by atoms with E-state index in [-0.39, 0.29) is 5.92 Å². The largest absolute Gasteiger partial charge is 0.390 e. The molecule has 1 aromatic carbocycles. The van der Waals surface area contributed by atoms with E-state index in [9.17, 15) is 10.2 Å². The Bertz CT molecular complexity index is 316. The molecule has 2 rings (SSSR count). The van der Waals surface area contributed by atoms with Crippen molar-refractivity contribution in [3.05, 3.63) is 35.9 Å². The van der Waals surface area contributed by atoms with E-state index in [4.69, 9.17) is 0 Å². The van der Waals surface area contributed by atoms with Gasteiger partial charge in [0.2, 0.25) is 0 Å². The maximum Gasteiger partial charge on any atom is 0.0928 e. The summed E-state index contributed by atoms with van der Waals surface area (Å²) < 4.78 is 0. The Hall–Kier alpha value is -0.900. The Morgan fingerprint density at radius 3 is 2.50 bits per heavy atom. The molecule has 3 heteroatoms. The average molecular weight is 221 g/mol. The van der Waals surface area contributed by atoms with Gasteiger partial charge in [0.15, 0.2) is 0 Å². The molecule has 0 bridgehead atoms. The van der Waals surface area contributed by atoms with Crippen molar-refractivity contribution in [2.24, 2.45) is 5.92 Å². The number of hydrogen-bond donors (Lipinski definition) is 2. The SMILES string of the molecule is CC1CN(Cc2ccccc2)C[C@@H](O)[C@@H]1O. The molecule has 16 heavy (non-hydrogen) atoms. The van der Waals surface area contributed by atoms with Crippen molar-refractivity contribution in [3.63, 3.8) is 0 Å². The van der Waals surface area contributed by atoms with Crippen LogP contribution in [0.4, 0.5) is 0 Å². The van der Waals surface area contributed by atoms with Gasteiger partial charge in [0.05, 0.1) is 12.2 Å². The van der Waals surface area contributed by atoms with E-state index in [2.05, 4.69) is 17.0 Å². The average Bonchev–Trinajstić information content (AvgIpc) is 2.27. The van der Waals surface area contributed by atoms with Gasteiger partial charge < -0.3 is 10.2 Å². The van der Waals surface area contributed by atoms with E-state index in [1.807, 2.05) is 25.1 Å². The van der Waals surface area contributed by atoms with Crippen LogP contribution in [0.5, 0.6) is 0 Å². The predicted molar refractivity (Wildman–Crippen MR) is 62.9 cm³/mol. The van der Waals surface area contributed by atoms with Gasteiger partial charge in [-0.3, -0.25) is 4.90 Å². The van der Waals surface area contributed by atoms with E-state index < -0.39 is 12.2 Å². The first-order valence-electron chi connectivity index (χ1n) is 5.79. The second-order valence-electron chi connectivity index (χ2n) is 4.71. The van der Waals surface area contributed by atoms with E-state index in [1.54, 1.807) is 0 Å². The van der Waals surface area contributed by atoms with Gasteiger partial charge in [0, 0.05) is 19.6 Å². The molecule has 2 N–H and O–H groups in total. The quantitative estimate of drug-likeness (QED) is 0.778. The number of rotatable bonds is 2. The normalized spacial score (nSPS) is 31.6. The van der Waals surface area contributed by atoms with E-state index in [0.29, 0.717) is 6.54 Å². The minimum Gasteiger partial charge on any atom is -0.390 e. The molecule has 0 spiro atoms. The summed E-state index contributed by atoms with van der Waals surface area (Å²) in [6.45, 7) is 4.22. The van der Waals surface area contributed by atoms with Crippen molar-refractivity contribution in [1.82, 2.24) is 4.90 Å². The van der Waals surface area contributed by atoms with Crippen LogP contribution in [-0.4, -0.2) is 40.4 Å². The lowest BCUT2D eigenvalue weighted by atomic mass is 9.94. The van der Waals surface area contributed by atoms with Gasteiger partial charge in [0.1, 0.15) is 0 Å². The molecule has 1 heterocycles. The number of benzene rings is 1. The fourth-order valence-corrected chi connectivity index (χ4v) is 2.31. The van der Waals surface area contributed by atoms with Gasteiger partial charge in [0.25, 0.3) is 0 Å². The number of likely N-dealkylation sites (tertiary alicyclic amines) is 1. The van der Waals surface area contributed by atoms with E-state index >= 15 is 0 Å². The summed E-state index contributed by atoms with van der Waals surface area (Å²) in [6, 6.07) is 10.2. The van der Waals surface area contributed by atoms with E-state index in [1.165, 1.54) is 5.56 Å². The van der Waals surface area contributed by atoms with Crippen LogP contribution in [0.1, 0.15) is 12.5 Å². The zero-order chi connectivity index (χ0) is 11.5. The first kappa shape index (κ1) is 11.6. The Balaban J connectivity index is 1.97. The molecule has 1 fully saturated rings. The molecule has 0 aromatic heterocycles. The minimum atomic E-state index is -0.618. The van der Waals surface area contributed by atoms with Crippen LogP contribution in [0.15, 0.2) is 30.3 Å². The van der Waals surface area contributed by atoms with Gasteiger partial charge in [-0.05, 0) is 11.5 Å². The highest BCUT2D eigenvalue weighted by Crippen LogP contribution is 2.19. The van der Waals surface area contributed by atoms with Crippen molar-refractivity contribution in [1.29, 1.82) is 0 Å².